The van der Waals surface area contributed by atoms with Crippen LogP contribution < -0.4 is 0 Å². The highest BCUT2D eigenvalue weighted by molar-refractivity contribution is 7.13. The lowest BCUT2D eigenvalue weighted by molar-refractivity contribution is -0.134. The molecule has 9 heteroatoms. The number of carbonyl (C=O) groups is 1. The second-order valence-electron chi connectivity index (χ2n) is 8.12. The number of nitrogens with zero attached hydrogens (tertiary/aromatic N) is 1. The molecule has 1 saturated heterocycles. The molecule has 2 unspecified atom stereocenters. The molecule has 2 atom stereocenters. The van der Waals surface area contributed by atoms with Crippen molar-refractivity contribution in [2.75, 3.05) is 13.2 Å². The highest BCUT2D eigenvalue weighted by Crippen LogP contribution is 2.53. The number of likely N-dealkylation sites (tertiary alicyclic amines) is 1. The quantitative estimate of drug-likeness (QED) is 0.542. The molecule has 2 aliphatic heterocycles. The third kappa shape index (κ3) is 3.93. The largest absolute Gasteiger partial charge is 0.444 e. The molecule has 1 aromatic rings. The van der Waals surface area contributed by atoms with Crippen LogP contribution in [0.2, 0.25) is 5.02 Å². The zero-order valence-electron chi connectivity index (χ0n) is 15.7. The summed E-state index contributed by atoms with van der Waals surface area (Å²) in [6.45, 7) is 7.92. The van der Waals surface area contributed by atoms with Crippen molar-refractivity contribution in [3.63, 3.8) is 0 Å². The Bertz CT molecular complexity index is 743. The molecule has 27 heavy (non-hydrogen) atoms. The van der Waals surface area contributed by atoms with Gasteiger partial charge in [0.1, 0.15) is 16.1 Å². The van der Waals surface area contributed by atoms with Crippen LogP contribution in [0.1, 0.15) is 55.9 Å². The molecule has 0 bridgehead atoms. The number of carbonyl (C=O) groups excluding carboxylic acids is 1. The first-order valence-corrected chi connectivity index (χ1v) is 10.1. The van der Waals surface area contributed by atoms with E-state index < -0.39 is 28.3 Å². The number of alkyl halides is 3. The molecule has 1 fully saturated rings. The predicted molar refractivity (Wildman–Crippen MR) is 97.3 cm³/mol. The number of hydrogen-bond acceptors (Lipinski definition) is 4. The molecule has 4 nitrogen and oxygen atoms in total. The van der Waals surface area contributed by atoms with Crippen LogP contribution in [0.15, 0.2) is 0 Å². The van der Waals surface area contributed by atoms with Crippen LogP contribution in [0.25, 0.3) is 0 Å². The van der Waals surface area contributed by atoms with Gasteiger partial charge in [-0.1, -0.05) is 11.6 Å². The first-order chi connectivity index (χ1) is 12.3. The van der Waals surface area contributed by atoms with Gasteiger partial charge in [-0.05, 0) is 46.1 Å². The molecule has 1 aromatic heterocycles. The zero-order chi connectivity index (χ0) is 20.2. The normalized spacial score (nSPS) is 26.2. The Hall–Kier alpha value is -0.990. The zero-order valence-corrected chi connectivity index (χ0v) is 17.3. The van der Waals surface area contributed by atoms with E-state index in [0.717, 1.165) is 0 Å². The van der Waals surface area contributed by atoms with E-state index in [1.807, 2.05) is 6.92 Å². The van der Waals surface area contributed by atoms with Gasteiger partial charge in [-0.25, -0.2) is 4.79 Å². The van der Waals surface area contributed by atoms with Crippen LogP contribution >= 0.6 is 22.9 Å². The topological polar surface area (TPSA) is 38.8 Å². The molecule has 152 valence electrons. The summed E-state index contributed by atoms with van der Waals surface area (Å²) in [6, 6.07) is -0.227. The van der Waals surface area contributed by atoms with E-state index >= 15 is 0 Å². The van der Waals surface area contributed by atoms with E-state index in [9.17, 15) is 18.0 Å². The van der Waals surface area contributed by atoms with Crippen LogP contribution in [0.5, 0.6) is 0 Å². The molecule has 3 rings (SSSR count). The van der Waals surface area contributed by atoms with Gasteiger partial charge in [-0.2, -0.15) is 13.2 Å². The maximum atomic E-state index is 13.3. The molecule has 0 aliphatic carbocycles. The molecule has 3 heterocycles. The lowest BCUT2D eigenvalue weighted by Gasteiger charge is -2.46. The van der Waals surface area contributed by atoms with Gasteiger partial charge in [0.05, 0.1) is 11.6 Å². The molecule has 0 radical (unpaired) electrons. The molecule has 0 N–H and O–H groups in total. The number of thiophene rings is 1. The number of piperidine rings is 1. The highest BCUT2D eigenvalue weighted by atomic mass is 35.5. The fraction of sp³-hybridized carbons (Fsp3) is 0.722. The van der Waals surface area contributed by atoms with Crippen molar-refractivity contribution in [2.45, 2.75) is 70.4 Å². The van der Waals surface area contributed by atoms with Gasteiger partial charge in [-0.3, -0.25) is 0 Å². The second-order valence-corrected chi connectivity index (χ2v) is 9.52. The number of amides is 1. The standard InChI is InChI=1S/C18H23ClF3NO3S/c1-10-9-17(6-7-23(10)15(24)26-16(2,3)4)13-11(5-8-25-17)12(19)14(27-13)18(20,21)22/h10H,5-9H2,1-4H3. The summed E-state index contributed by atoms with van der Waals surface area (Å²) in [4.78, 5) is 13.8. The van der Waals surface area contributed by atoms with Gasteiger partial charge < -0.3 is 14.4 Å². The maximum Gasteiger partial charge on any atom is 0.427 e. The molecular formula is C18H23ClF3NO3S. The van der Waals surface area contributed by atoms with Crippen LogP contribution in [-0.2, 0) is 27.7 Å². The van der Waals surface area contributed by atoms with Crippen LogP contribution in [0.3, 0.4) is 0 Å². The van der Waals surface area contributed by atoms with Crippen molar-refractivity contribution < 1.29 is 27.4 Å². The van der Waals surface area contributed by atoms with Gasteiger partial charge in [0.25, 0.3) is 0 Å². The number of hydrogen-bond donors (Lipinski definition) is 0. The van der Waals surface area contributed by atoms with E-state index in [4.69, 9.17) is 21.1 Å². The fourth-order valence-electron chi connectivity index (χ4n) is 3.77. The molecule has 2 aliphatic rings. The second kappa shape index (κ2) is 6.81. The summed E-state index contributed by atoms with van der Waals surface area (Å²) in [5, 5.41) is -0.201. The Kier molecular flexibility index (Phi) is 5.23. The smallest absolute Gasteiger partial charge is 0.427 e. The summed E-state index contributed by atoms with van der Waals surface area (Å²) in [6.07, 6.45) is -3.71. The molecular weight excluding hydrogens is 403 g/mol. The SMILES string of the molecule is CC1CC2(CCN1C(=O)OC(C)(C)C)OCCc1c2sc(C(F)(F)F)c1Cl. The Morgan fingerprint density at radius 1 is 1.37 bits per heavy atom. The number of rotatable bonds is 0. The Morgan fingerprint density at radius 3 is 2.59 bits per heavy atom. The average molecular weight is 426 g/mol. The molecule has 1 spiro atoms. The third-order valence-electron chi connectivity index (χ3n) is 4.89. The van der Waals surface area contributed by atoms with Crippen molar-refractivity contribution in [2.24, 2.45) is 0 Å². The van der Waals surface area contributed by atoms with E-state index in [-0.39, 0.29) is 11.1 Å². The first kappa shape index (κ1) is 20.7. The average Bonchev–Trinajstić information content (AvgIpc) is 2.84. The minimum absolute atomic E-state index is 0.201. The van der Waals surface area contributed by atoms with Crippen LogP contribution in [0, 0.1) is 0 Å². The maximum absolute atomic E-state index is 13.3. The van der Waals surface area contributed by atoms with E-state index in [1.165, 1.54) is 0 Å². The van der Waals surface area contributed by atoms with Crippen molar-refractivity contribution in [3.05, 3.63) is 20.3 Å². The van der Waals surface area contributed by atoms with Gasteiger partial charge >= 0.3 is 12.3 Å². The summed E-state index contributed by atoms with van der Waals surface area (Å²) >= 11 is 6.75. The third-order valence-corrected chi connectivity index (χ3v) is 6.88. The monoisotopic (exact) mass is 425 g/mol. The van der Waals surface area contributed by atoms with Gasteiger partial charge in [0.2, 0.25) is 0 Å². The lowest BCUT2D eigenvalue weighted by atomic mass is 9.82. The lowest BCUT2D eigenvalue weighted by Crippen LogP contribution is -2.53. The van der Waals surface area contributed by atoms with E-state index in [0.29, 0.717) is 54.2 Å². The van der Waals surface area contributed by atoms with Gasteiger partial charge in [-0.15, -0.1) is 11.3 Å². The molecule has 1 amide bonds. The highest BCUT2D eigenvalue weighted by Gasteiger charge is 2.49. The van der Waals surface area contributed by atoms with Crippen LogP contribution in [0.4, 0.5) is 18.0 Å². The molecule has 0 aromatic carbocycles. The molecule has 0 saturated carbocycles. The fourth-order valence-corrected chi connectivity index (χ4v) is 5.53. The first-order valence-electron chi connectivity index (χ1n) is 8.86. The Labute approximate surface area is 165 Å². The van der Waals surface area contributed by atoms with E-state index in [1.54, 1.807) is 25.7 Å². The number of fused-ring (bicyclic) bond motifs is 2. The van der Waals surface area contributed by atoms with Crippen molar-refractivity contribution in [1.29, 1.82) is 0 Å². The van der Waals surface area contributed by atoms with Gasteiger partial charge in [0, 0.05) is 23.9 Å². The summed E-state index contributed by atoms with van der Waals surface area (Å²) < 4.78 is 51.4. The van der Waals surface area contributed by atoms with Crippen molar-refractivity contribution in [1.82, 2.24) is 4.90 Å². The number of ether oxygens (including phenoxy) is 2. The van der Waals surface area contributed by atoms with Gasteiger partial charge in [0.15, 0.2) is 0 Å². The Morgan fingerprint density at radius 2 is 2.04 bits per heavy atom. The predicted octanol–water partition coefficient (Wildman–Crippen LogP) is 5.61. The van der Waals surface area contributed by atoms with Crippen LogP contribution in [-0.4, -0.2) is 35.8 Å². The summed E-state index contributed by atoms with van der Waals surface area (Å²) in [5.41, 5.74) is -0.898. The Balaban J connectivity index is 1.88. The minimum atomic E-state index is -4.48. The van der Waals surface area contributed by atoms with E-state index in [2.05, 4.69) is 0 Å². The minimum Gasteiger partial charge on any atom is -0.444 e. The summed E-state index contributed by atoms with van der Waals surface area (Å²) in [5.74, 6) is 0. The number of halogens is 4. The van der Waals surface area contributed by atoms with Crippen molar-refractivity contribution >= 4 is 29.0 Å². The van der Waals surface area contributed by atoms with Crippen molar-refractivity contribution in [3.8, 4) is 0 Å². The summed E-state index contributed by atoms with van der Waals surface area (Å²) in [7, 11) is 0.